The van der Waals surface area contributed by atoms with E-state index in [1.54, 1.807) is 0 Å². The molecule has 0 aliphatic heterocycles. The summed E-state index contributed by atoms with van der Waals surface area (Å²) in [5, 5.41) is 19.4. The first-order chi connectivity index (χ1) is 6.09. The van der Waals surface area contributed by atoms with Gasteiger partial charge in [-0.05, 0) is 6.92 Å². The Morgan fingerprint density at radius 1 is 1.54 bits per heavy atom. The minimum Gasteiger partial charge on any atom is -0.465 e. The van der Waals surface area contributed by atoms with Gasteiger partial charge in [0.1, 0.15) is 6.10 Å². The number of hydrogen-bond acceptors (Lipinski definition) is 4. The van der Waals surface area contributed by atoms with Crippen LogP contribution in [0, 0.1) is 0 Å². The molecule has 1 atom stereocenters. The van der Waals surface area contributed by atoms with Gasteiger partial charge in [-0.2, -0.15) is 0 Å². The van der Waals surface area contributed by atoms with Crippen LogP contribution < -0.4 is 5.32 Å². The standard InChI is InChI=1S/C7H9N3O3/c1-4(11)6-8-2-5(3-9-6)10-7(12)13/h2-4,10-11H,1H3,(H,12,13). The van der Waals surface area contributed by atoms with Crippen LogP contribution in [-0.2, 0) is 0 Å². The fraction of sp³-hybridized carbons (Fsp3) is 0.286. The molecule has 6 heteroatoms. The van der Waals surface area contributed by atoms with Crippen molar-refractivity contribution in [3.63, 3.8) is 0 Å². The highest BCUT2D eigenvalue weighted by atomic mass is 16.4. The van der Waals surface area contributed by atoms with Gasteiger partial charge < -0.3 is 10.2 Å². The van der Waals surface area contributed by atoms with E-state index in [9.17, 15) is 4.79 Å². The SMILES string of the molecule is CC(O)c1ncc(NC(=O)O)cn1. The molecule has 1 unspecified atom stereocenters. The summed E-state index contributed by atoms with van der Waals surface area (Å²) in [6.07, 6.45) is 0.666. The Balaban J connectivity index is 2.75. The number of nitrogens with zero attached hydrogens (tertiary/aromatic N) is 2. The second-order valence-electron chi connectivity index (χ2n) is 2.44. The highest BCUT2D eigenvalue weighted by Crippen LogP contribution is 2.07. The van der Waals surface area contributed by atoms with Gasteiger partial charge in [0.05, 0.1) is 18.1 Å². The molecule has 70 valence electrons. The fourth-order valence-corrected chi connectivity index (χ4v) is 0.742. The number of nitrogens with one attached hydrogen (secondary N) is 1. The molecular formula is C7H9N3O3. The molecule has 6 nitrogen and oxygen atoms in total. The van der Waals surface area contributed by atoms with Crippen LogP contribution in [-0.4, -0.2) is 26.3 Å². The largest absolute Gasteiger partial charge is 0.465 e. The molecule has 0 aliphatic carbocycles. The molecule has 0 bridgehead atoms. The summed E-state index contributed by atoms with van der Waals surface area (Å²) in [6, 6.07) is 0. The van der Waals surface area contributed by atoms with E-state index in [4.69, 9.17) is 10.2 Å². The van der Waals surface area contributed by atoms with E-state index in [1.165, 1.54) is 19.3 Å². The Morgan fingerprint density at radius 2 is 2.08 bits per heavy atom. The molecular weight excluding hydrogens is 174 g/mol. The third-order valence-electron chi connectivity index (χ3n) is 1.30. The lowest BCUT2D eigenvalue weighted by molar-refractivity contribution is 0.189. The quantitative estimate of drug-likeness (QED) is 0.624. The van der Waals surface area contributed by atoms with Crippen LogP contribution in [0.1, 0.15) is 18.9 Å². The molecule has 1 amide bonds. The van der Waals surface area contributed by atoms with Crippen molar-refractivity contribution in [3.8, 4) is 0 Å². The molecule has 0 saturated carbocycles. The van der Waals surface area contributed by atoms with E-state index >= 15 is 0 Å². The van der Waals surface area contributed by atoms with Gasteiger partial charge >= 0.3 is 6.09 Å². The maximum absolute atomic E-state index is 10.2. The van der Waals surface area contributed by atoms with E-state index in [2.05, 4.69) is 15.3 Å². The maximum Gasteiger partial charge on any atom is 0.409 e. The average Bonchev–Trinajstić information content (AvgIpc) is 2.04. The van der Waals surface area contributed by atoms with Crippen LogP contribution in [0.3, 0.4) is 0 Å². The summed E-state index contributed by atoms with van der Waals surface area (Å²) < 4.78 is 0. The van der Waals surface area contributed by atoms with Crippen molar-refractivity contribution in [1.29, 1.82) is 0 Å². The molecule has 0 aliphatic rings. The summed E-state index contributed by atoms with van der Waals surface area (Å²) in [5.74, 6) is 0.260. The zero-order chi connectivity index (χ0) is 9.84. The van der Waals surface area contributed by atoms with Crippen molar-refractivity contribution in [3.05, 3.63) is 18.2 Å². The van der Waals surface area contributed by atoms with Gasteiger partial charge in [0, 0.05) is 0 Å². The smallest absolute Gasteiger partial charge is 0.409 e. The van der Waals surface area contributed by atoms with Gasteiger partial charge in [-0.1, -0.05) is 0 Å². The van der Waals surface area contributed by atoms with E-state index < -0.39 is 12.2 Å². The van der Waals surface area contributed by atoms with Crippen molar-refractivity contribution in [2.75, 3.05) is 5.32 Å². The number of hydrogen-bond donors (Lipinski definition) is 3. The number of amides is 1. The lowest BCUT2D eigenvalue weighted by Crippen LogP contribution is -2.09. The summed E-state index contributed by atoms with van der Waals surface area (Å²) in [5.41, 5.74) is 0.275. The first-order valence-electron chi connectivity index (χ1n) is 3.59. The number of aromatic nitrogens is 2. The van der Waals surface area contributed by atoms with Crippen LogP contribution >= 0.6 is 0 Å². The fourth-order valence-electron chi connectivity index (χ4n) is 0.742. The lowest BCUT2D eigenvalue weighted by atomic mass is 10.4. The van der Waals surface area contributed by atoms with Crippen molar-refractivity contribution < 1.29 is 15.0 Å². The summed E-state index contributed by atoms with van der Waals surface area (Å²) in [7, 11) is 0. The van der Waals surface area contributed by atoms with Crippen LogP contribution in [0.15, 0.2) is 12.4 Å². The highest BCUT2D eigenvalue weighted by molar-refractivity contribution is 5.82. The van der Waals surface area contributed by atoms with Crippen molar-refractivity contribution >= 4 is 11.8 Å². The molecule has 1 aromatic rings. The number of carbonyl (C=O) groups is 1. The Kier molecular flexibility index (Phi) is 2.76. The second kappa shape index (κ2) is 3.81. The minimum absolute atomic E-state index is 0.260. The van der Waals surface area contributed by atoms with Gasteiger partial charge in [0.25, 0.3) is 0 Å². The molecule has 13 heavy (non-hydrogen) atoms. The van der Waals surface area contributed by atoms with Crippen molar-refractivity contribution in [1.82, 2.24) is 9.97 Å². The zero-order valence-electron chi connectivity index (χ0n) is 6.93. The third kappa shape index (κ3) is 2.68. The predicted octanol–water partition coefficient (Wildman–Crippen LogP) is 0.620. The van der Waals surface area contributed by atoms with Crippen LogP contribution in [0.4, 0.5) is 10.5 Å². The summed E-state index contributed by atoms with van der Waals surface area (Å²) in [4.78, 5) is 17.7. The molecule has 1 rings (SSSR count). The number of carboxylic acid groups (broad SMARTS) is 1. The first kappa shape index (κ1) is 9.40. The highest BCUT2D eigenvalue weighted by Gasteiger charge is 2.04. The zero-order valence-corrected chi connectivity index (χ0v) is 6.93. The maximum atomic E-state index is 10.2. The first-order valence-corrected chi connectivity index (χ1v) is 3.59. The molecule has 1 aromatic heterocycles. The molecule has 1 heterocycles. The minimum atomic E-state index is -1.17. The van der Waals surface area contributed by atoms with E-state index in [0.717, 1.165) is 0 Å². The molecule has 3 N–H and O–H groups in total. The van der Waals surface area contributed by atoms with Gasteiger partial charge in [-0.15, -0.1) is 0 Å². The summed E-state index contributed by atoms with van der Waals surface area (Å²) >= 11 is 0. The van der Waals surface area contributed by atoms with E-state index in [0.29, 0.717) is 0 Å². The van der Waals surface area contributed by atoms with Crippen molar-refractivity contribution in [2.45, 2.75) is 13.0 Å². The topological polar surface area (TPSA) is 95.3 Å². The van der Waals surface area contributed by atoms with E-state index in [-0.39, 0.29) is 11.5 Å². The van der Waals surface area contributed by atoms with Gasteiger partial charge in [0.15, 0.2) is 5.82 Å². The van der Waals surface area contributed by atoms with Crippen LogP contribution in [0.2, 0.25) is 0 Å². The molecule has 0 fully saturated rings. The Bertz CT molecular complexity index is 296. The predicted molar refractivity (Wildman–Crippen MR) is 44.3 cm³/mol. The van der Waals surface area contributed by atoms with Gasteiger partial charge in [-0.3, -0.25) is 5.32 Å². The summed E-state index contributed by atoms with van der Waals surface area (Å²) in [6.45, 7) is 1.53. The van der Waals surface area contributed by atoms with Crippen molar-refractivity contribution in [2.24, 2.45) is 0 Å². The Morgan fingerprint density at radius 3 is 2.46 bits per heavy atom. The van der Waals surface area contributed by atoms with Gasteiger partial charge in [0.2, 0.25) is 0 Å². The number of rotatable bonds is 2. The molecule has 0 saturated heterocycles. The number of aliphatic hydroxyl groups is 1. The van der Waals surface area contributed by atoms with E-state index in [1.807, 2.05) is 0 Å². The normalized spacial score (nSPS) is 12.2. The molecule has 0 radical (unpaired) electrons. The lowest BCUT2D eigenvalue weighted by Gasteiger charge is -2.03. The molecule has 0 aromatic carbocycles. The monoisotopic (exact) mass is 183 g/mol. The Labute approximate surface area is 74.3 Å². The second-order valence-corrected chi connectivity index (χ2v) is 2.44. The number of aliphatic hydroxyl groups excluding tert-OH is 1. The van der Waals surface area contributed by atoms with Gasteiger partial charge in [-0.25, -0.2) is 14.8 Å². The average molecular weight is 183 g/mol. The molecule has 0 spiro atoms. The third-order valence-corrected chi connectivity index (χ3v) is 1.30. The van der Waals surface area contributed by atoms with Crippen LogP contribution in [0.5, 0.6) is 0 Å². The number of anilines is 1. The Hall–Kier alpha value is -1.69. The van der Waals surface area contributed by atoms with Crippen LogP contribution in [0.25, 0.3) is 0 Å².